The zero-order valence-electron chi connectivity index (χ0n) is 11.9. The average Bonchev–Trinajstić information content (AvgIpc) is 2.57. The molecule has 6 atom stereocenters. The van der Waals surface area contributed by atoms with Crippen molar-refractivity contribution in [3.63, 3.8) is 0 Å². The summed E-state index contributed by atoms with van der Waals surface area (Å²) >= 11 is 0. The zero-order chi connectivity index (χ0) is 16.4. The summed E-state index contributed by atoms with van der Waals surface area (Å²) in [4.78, 5) is 13.9. The molecule has 3 rings (SSSR count). The first-order valence-electron chi connectivity index (χ1n) is 7.04. The van der Waals surface area contributed by atoms with Crippen LogP contribution in [0, 0.1) is 0 Å². The van der Waals surface area contributed by atoms with Crippen molar-refractivity contribution in [3.8, 4) is 0 Å². The first-order chi connectivity index (χ1) is 11.1. The largest absolute Gasteiger partial charge is 0.479 e. The number of hydrogen-bond acceptors (Lipinski definition) is 6. The lowest BCUT2D eigenvalue weighted by molar-refractivity contribution is -0.304. The Labute approximate surface area is 131 Å². The smallest absolute Gasteiger partial charge is 0.335 e. The van der Waals surface area contributed by atoms with E-state index in [-0.39, 0.29) is 6.61 Å². The molecule has 0 aliphatic carbocycles. The number of aliphatic carboxylic acids is 1. The Bertz CT molecular complexity index is 620. The molecule has 1 aromatic rings. The fourth-order valence-corrected chi connectivity index (χ4v) is 2.79. The summed E-state index contributed by atoms with van der Waals surface area (Å²) < 4.78 is 16.7. The van der Waals surface area contributed by atoms with Crippen LogP contribution >= 0.6 is 0 Å². The van der Waals surface area contributed by atoms with Gasteiger partial charge in [-0.15, -0.1) is 0 Å². The van der Waals surface area contributed by atoms with Gasteiger partial charge < -0.3 is 24.4 Å². The van der Waals surface area contributed by atoms with Crippen LogP contribution in [0.3, 0.4) is 0 Å². The fourth-order valence-electron chi connectivity index (χ4n) is 2.79. The molecule has 2 fully saturated rings. The van der Waals surface area contributed by atoms with E-state index in [0.29, 0.717) is 0 Å². The van der Waals surface area contributed by atoms with E-state index in [1.807, 2.05) is 30.3 Å². The minimum atomic E-state index is -1.50. The Morgan fingerprint density at radius 2 is 2.04 bits per heavy atom. The lowest BCUT2D eigenvalue weighted by Crippen LogP contribution is -2.62. The highest BCUT2D eigenvalue weighted by molar-refractivity contribution is 5.73. The second kappa shape index (κ2) is 6.53. The molecule has 2 unspecified atom stereocenters. The number of carbonyl (C=O) groups is 1. The van der Waals surface area contributed by atoms with Gasteiger partial charge in [0.25, 0.3) is 0 Å². The van der Waals surface area contributed by atoms with E-state index in [1.54, 1.807) is 0 Å². The Balaban J connectivity index is 1.84. The van der Waals surface area contributed by atoms with Crippen molar-refractivity contribution < 1.29 is 29.2 Å². The molecule has 2 saturated heterocycles. The summed E-state index contributed by atoms with van der Waals surface area (Å²) in [5.41, 5.74) is 9.47. The Morgan fingerprint density at radius 1 is 1.30 bits per heavy atom. The average molecular weight is 321 g/mol. The highest BCUT2D eigenvalue weighted by Gasteiger charge is 2.51. The molecule has 0 amide bonds. The molecule has 2 aliphatic rings. The van der Waals surface area contributed by atoms with Crippen molar-refractivity contribution in [2.45, 2.75) is 36.7 Å². The first-order valence-corrected chi connectivity index (χ1v) is 7.04. The number of aliphatic hydroxyl groups excluding tert-OH is 1. The third-order valence-corrected chi connectivity index (χ3v) is 3.88. The first kappa shape index (κ1) is 15.7. The molecule has 2 heterocycles. The number of aliphatic hydroxyl groups is 1. The van der Waals surface area contributed by atoms with Gasteiger partial charge in [-0.25, -0.2) is 4.79 Å². The Morgan fingerprint density at radius 3 is 2.70 bits per heavy atom. The van der Waals surface area contributed by atoms with E-state index in [9.17, 15) is 9.90 Å². The van der Waals surface area contributed by atoms with Gasteiger partial charge in [-0.2, -0.15) is 0 Å². The van der Waals surface area contributed by atoms with Crippen LogP contribution in [-0.4, -0.2) is 53.2 Å². The van der Waals surface area contributed by atoms with Crippen LogP contribution in [0.25, 0.3) is 10.4 Å². The summed E-state index contributed by atoms with van der Waals surface area (Å²) in [6.07, 6.45) is -5.23. The van der Waals surface area contributed by atoms with Gasteiger partial charge in [0.05, 0.1) is 12.6 Å². The molecule has 0 bridgehead atoms. The zero-order valence-corrected chi connectivity index (χ0v) is 11.9. The molecule has 9 nitrogen and oxygen atoms in total. The van der Waals surface area contributed by atoms with Gasteiger partial charge in [-0.05, 0) is 5.53 Å². The van der Waals surface area contributed by atoms with Crippen LogP contribution in [0.2, 0.25) is 0 Å². The monoisotopic (exact) mass is 321 g/mol. The van der Waals surface area contributed by atoms with E-state index in [4.69, 9.17) is 24.8 Å². The number of rotatable bonds is 3. The highest BCUT2D eigenvalue weighted by Crippen LogP contribution is 2.35. The molecule has 23 heavy (non-hydrogen) atoms. The lowest BCUT2D eigenvalue weighted by Gasteiger charge is -2.45. The van der Waals surface area contributed by atoms with Crippen LogP contribution in [0.5, 0.6) is 0 Å². The molecule has 0 saturated carbocycles. The number of hydrogen-bond donors (Lipinski definition) is 2. The van der Waals surface area contributed by atoms with Crippen molar-refractivity contribution in [2.75, 3.05) is 6.61 Å². The molecule has 2 N–H and O–H groups in total. The van der Waals surface area contributed by atoms with Crippen LogP contribution in [0.15, 0.2) is 35.4 Å². The second-order valence-electron chi connectivity index (χ2n) is 5.30. The summed E-state index contributed by atoms with van der Waals surface area (Å²) in [7, 11) is 0. The molecule has 0 radical (unpaired) electrons. The van der Waals surface area contributed by atoms with Gasteiger partial charge in [0.1, 0.15) is 18.3 Å². The van der Waals surface area contributed by atoms with E-state index in [2.05, 4.69) is 10.0 Å². The Kier molecular flexibility index (Phi) is 4.46. The van der Waals surface area contributed by atoms with Gasteiger partial charge in [0.15, 0.2) is 12.4 Å². The number of carboxylic acid groups (broad SMARTS) is 1. The topological polar surface area (TPSA) is 134 Å². The summed E-state index contributed by atoms with van der Waals surface area (Å²) in [5.74, 6) is -1.33. The lowest BCUT2D eigenvalue weighted by atomic mass is 9.92. The van der Waals surface area contributed by atoms with Crippen molar-refractivity contribution in [2.24, 2.45) is 5.11 Å². The number of ether oxygens (including phenoxy) is 3. The van der Waals surface area contributed by atoms with Crippen LogP contribution in [0.1, 0.15) is 11.9 Å². The standard InChI is InChI=1S/C14H15N3O6/c15-17-16-9-10(18)12(13(19)20)22-8-6-21-14(23-11(8)9)7-4-2-1-3-5-7/h1-5,8-12,14,18H,6H2,(H,19,20)/t8-,9?,10-,11+,12-,14?/m1/s1. The van der Waals surface area contributed by atoms with Crippen molar-refractivity contribution in [1.29, 1.82) is 0 Å². The van der Waals surface area contributed by atoms with E-state index >= 15 is 0 Å². The van der Waals surface area contributed by atoms with E-state index in [1.165, 1.54) is 0 Å². The van der Waals surface area contributed by atoms with E-state index < -0.39 is 42.7 Å². The maximum Gasteiger partial charge on any atom is 0.335 e. The molecule has 0 aromatic heterocycles. The van der Waals surface area contributed by atoms with Gasteiger partial charge in [0.2, 0.25) is 0 Å². The predicted molar refractivity (Wildman–Crippen MR) is 75.2 cm³/mol. The molecule has 1 aromatic carbocycles. The molecule has 0 spiro atoms. The second-order valence-corrected chi connectivity index (χ2v) is 5.30. The van der Waals surface area contributed by atoms with Gasteiger partial charge in [-0.3, -0.25) is 0 Å². The number of fused-ring (bicyclic) bond motifs is 1. The number of azide groups is 1. The molecule has 2 aliphatic heterocycles. The van der Waals surface area contributed by atoms with Crippen molar-refractivity contribution in [3.05, 3.63) is 46.3 Å². The van der Waals surface area contributed by atoms with Gasteiger partial charge in [0, 0.05) is 10.5 Å². The maximum absolute atomic E-state index is 11.2. The molecular weight excluding hydrogens is 306 g/mol. The maximum atomic E-state index is 11.2. The summed E-state index contributed by atoms with van der Waals surface area (Å²) in [5, 5.41) is 22.8. The van der Waals surface area contributed by atoms with E-state index in [0.717, 1.165) is 5.56 Å². The number of carboxylic acids is 1. The number of nitrogens with zero attached hydrogens (tertiary/aromatic N) is 3. The SMILES string of the molecule is [N-]=[N+]=NC1[C@@H](O)[C@H](C(=O)O)O[C@@H]2COC(c3ccccc3)O[C@H]12. The third kappa shape index (κ3) is 3.00. The van der Waals surface area contributed by atoms with Crippen LogP contribution in [-0.2, 0) is 19.0 Å². The summed E-state index contributed by atoms with van der Waals surface area (Å²) in [6.45, 7) is 0.0676. The van der Waals surface area contributed by atoms with Gasteiger partial charge >= 0.3 is 5.97 Å². The van der Waals surface area contributed by atoms with Crippen LogP contribution in [0.4, 0.5) is 0 Å². The molecule has 122 valence electrons. The van der Waals surface area contributed by atoms with Crippen molar-refractivity contribution >= 4 is 5.97 Å². The highest BCUT2D eigenvalue weighted by atomic mass is 16.7. The molecular formula is C14H15N3O6. The fraction of sp³-hybridized carbons (Fsp3) is 0.500. The van der Waals surface area contributed by atoms with Gasteiger partial charge in [-0.1, -0.05) is 35.4 Å². The third-order valence-electron chi connectivity index (χ3n) is 3.88. The van der Waals surface area contributed by atoms with Crippen molar-refractivity contribution in [1.82, 2.24) is 0 Å². The summed E-state index contributed by atoms with van der Waals surface area (Å²) in [6, 6.07) is 8.05. The quantitative estimate of drug-likeness (QED) is 0.484. The normalized spacial score (nSPS) is 36.6. The minimum Gasteiger partial charge on any atom is -0.479 e. The molecule has 9 heteroatoms. The number of benzene rings is 1. The Hall–Kier alpha value is -2.16. The minimum absolute atomic E-state index is 0.0676. The predicted octanol–water partition coefficient (Wildman–Crippen LogP) is 0.992. The van der Waals surface area contributed by atoms with Crippen LogP contribution < -0.4 is 0 Å².